The predicted molar refractivity (Wildman–Crippen MR) is 91.9 cm³/mol. The van der Waals surface area contributed by atoms with Crippen LogP contribution < -0.4 is 10.9 Å². The van der Waals surface area contributed by atoms with E-state index in [-0.39, 0.29) is 10.7 Å². The molecule has 126 valence electrons. The van der Waals surface area contributed by atoms with Crippen LogP contribution in [0.3, 0.4) is 0 Å². The lowest BCUT2D eigenvalue weighted by Gasteiger charge is -2.15. The molecular formula is C16H17ClN4O3. The van der Waals surface area contributed by atoms with Crippen molar-refractivity contribution in [3.63, 3.8) is 0 Å². The summed E-state index contributed by atoms with van der Waals surface area (Å²) < 4.78 is 1.13. The minimum atomic E-state index is -0.499. The van der Waals surface area contributed by atoms with E-state index in [4.69, 9.17) is 11.6 Å². The van der Waals surface area contributed by atoms with E-state index in [1.165, 1.54) is 43.3 Å². The van der Waals surface area contributed by atoms with Crippen molar-refractivity contribution in [2.45, 2.75) is 26.2 Å². The van der Waals surface area contributed by atoms with Crippen LogP contribution in [-0.2, 0) is 0 Å². The molecule has 8 heteroatoms. The van der Waals surface area contributed by atoms with E-state index < -0.39 is 10.5 Å². The van der Waals surface area contributed by atoms with E-state index in [0.29, 0.717) is 16.8 Å². The van der Waals surface area contributed by atoms with Gasteiger partial charge in [-0.15, -0.1) is 0 Å². The Hall–Kier alpha value is -2.41. The number of hydrogen-bond donors (Lipinski definition) is 1. The van der Waals surface area contributed by atoms with E-state index in [1.807, 2.05) is 0 Å². The molecule has 0 unspecified atom stereocenters. The van der Waals surface area contributed by atoms with Crippen LogP contribution in [0.2, 0.25) is 5.02 Å². The normalized spacial score (nSPS) is 15.1. The maximum atomic E-state index is 12.4. The molecule has 1 N–H and O–H groups in total. The van der Waals surface area contributed by atoms with E-state index in [9.17, 15) is 14.9 Å². The molecule has 1 aliphatic carbocycles. The zero-order valence-corrected chi connectivity index (χ0v) is 13.9. The molecular weight excluding hydrogens is 332 g/mol. The molecule has 0 saturated heterocycles. The highest BCUT2D eigenvalue weighted by Gasteiger charge is 2.40. The van der Waals surface area contributed by atoms with Crippen LogP contribution in [0.15, 0.2) is 35.3 Å². The molecule has 0 aliphatic heterocycles. The number of anilines is 1. The van der Waals surface area contributed by atoms with Crippen LogP contribution in [0, 0.1) is 15.5 Å². The summed E-state index contributed by atoms with van der Waals surface area (Å²) in [5, 5.41) is 18.1. The van der Waals surface area contributed by atoms with Crippen LogP contribution in [0.25, 0.3) is 5.69 Å². The molecule has 1 heterocycles. The first-order valence-electron chi connectivity index (χ1n) is 7.72. The summed E-state index contributed by atoms with van der Waals surface area (Å²) in [6.07, 6.45) is 4.96. The standard InChI is InChI=1S/C16H17ClN4O3/c1-2-16(7-8-16)10-18-13-9-19-20(15(22)14(13)17)11-3-5-12(6-4-11)21(23)24/h3-6,9,18H,2,7-8,10H2,1H3. The first kappa shape index (κ1) is 16.4. The number of rotatable bonds is 6. The minimum absolute atomic E-state index is 0.0505. The molecule has 0 atom stereocenters. The fraction of sp³-hybridized carbons (Fsp3) is 0.375. The third-order valence-corrected chi connectivity index (χ3v) is 4.95. The third-order valence-electron chi connectivity index (χ3n) is 4.58. The van der Waals surface area contributed by atoms with Gasteiger partial charge in [0.25, 0.3) is 11.2 Å². The zero-order valence-electron chi connectivity index (χ0n) is 13.2. The SMILES string of the molecule is CCC1(CNc2cnn(-c3ccc([N+](=O)[O-])cc3)c(=O)c2Cl)CC1. The Morgan fingerprint density at radius 2 is 2.04 bits per heavy atom. The number of nitrogens with zero attached hydrogens (tertiary/aromatic N) is 3. The van der Waals surface area contributed by atoms with Gasteiger partial charge in [-0.1, -0.05) is 18.5 Å². The average molecular weight is 349 g/mol. The molecule has 2 aromatic rings. The molecule has 1 aromatic heterocycles. The number of aromatic nitrogens is 2. The highest BCUT2D eigenvalue weighted by atomic mass is 35.5. The number of hydrogen-bond acceptors (Lipinski definition) is 5. The Labute approximate surface area is 143 Å². The number of nitrogens with one attached hydrogen (secondary N) is 1. The second-order valence-electron chi connectivity index (χ2n) is 6.07. The number of non-ortho nitro benzene ring substituents is 1. The quantitative estimate of drug-likeness (QED) is 0.638. The van der Waals surface area contributed by atoms with Gasteiger partial charge in [-0.2, -0.15) is 9.78 Å². The number of nitro groups is 1. The fourth-order valence-electron chi connectivity index (χ4n) is 2.57. The van der Waals surface area contributed by atoms with E-state index in [0.717, 1.165) is 17.6 Å². The first-order valence-corrected chi connectivity index (χ1v) is 8.10. The summed E-state index contributed by atoms with van der Waals surface area (Å²) in [7, 11) is 0. The second-order valence-corrected chi connectivity index (χ2v) is 6.45. The molecule has 0 bridgehead atoms. The van der Waals surface area contributed by atoms with Gasteiger partial charge in [0.2, 0.25) is 0 Å². The summed E-state index contributed by atoms with van der Waals surface area (Å²) in [6, 6.07) is 5.57. The monoisotopic (exact) mass is 348 g/mol. The summed E-state index contributed by atoms with van der Waals surface area (Å²) >= 11 is 6.18. The second kappa shape index (κ2) is 6.24. The molecule has 0 spiro atoms. The molecule has 7 nitrogen and oxygen atoms in total. The topological polar surface area (TPSA) is 90.1 Å². The fourth-order valence-corrected chi connectivity index (χ4v) is 2.77. The van der Waals surface area contributed by atoms with E-state index >= 15 is 0 Å². The van der Waals surface area contributed by atoms with Gasteiger partial charge in [-0.25, -0.2) is 0 Å². The molecule has 24 heavy (non-hydrogen) atoms. The van der Waals surface area contributed by atoms with Crippen molar-refractivity contribution < 1.29 is 4.92 Å². The predicted octanol–water partition coefficient (Wildman–Crippen LogP) is 3.40. The van der Waals surface area contributed by atoms with Crippen LogP contribution in [0.5, 0.6) is 0 Å². The minimum Gasteiger partial charge on any atom is -0.382 e. The van der Waals surface area contributed by atoms with Crippen molar-refractivity contribution in [2.24, 2.45) is 5.41 Å². The molecule has 1 saturated carbocycles. The van der Waals surface area contributed by atoms with Gasteiger partial charge in [0.05, 0.1) is 22.5 Å². The average Bonchev–Trinajstić information content (AvgIpc) is 3.37. The highest BCUT2D eigenvalue weighted by Crippen LogP contribution is 2.48. The number of halogens is 1. The first-order chi connectivity index (χ1) is 11.5. The van der Waals surface area contributed by atoms with Crippen molar-refractivity contribution in [3.05, 3.63) is 56.0 Å². The summed E-state index contributed by atoms with van der Waals surface area (Å²) in [5.74, 6) is 0. The molecule has 0 amide bonds. The Morgan fingerprint density at radius 3 is 2.58 bits per heavy atom. The highest BCUT2D eigenvalue weighted by molar-refractivity contribution is 6.32. The van der Waals surface area contributed by atoms with Crippen molar-refractivity contribution in [2.75, 3.05) is 11.9 Å². The van der Waals surface area contributed by atoms with Crippen LogP contribution >= 0.6 is 11.6 Å². The van der Waals surface area contributed by atoms with Gasteiger partial charge in [-0.05, 0) is 36.8 Å². The smallest absolute Gasteiger partial charge is 0.292 e. The Bertz CT molecular complexity index is 828. The number of benzene rings is 1. The largest absolute Gasteiger partial charge is 0.382 e. The van der Waals surface area contributed by atoms with Gasteiger partial charge in [-0.3, -0.25) is 14.9 Å². The summed E-state index contributed by atoms with van der Waals surface area (Å²) in [6.45, 7) is 2.92. The maximum absolute atomic E-state index is 12.4. The van der Waals surface area contributed by atoms with Gasteiger partial charge in [0, 0.05) is 18.7 Å². The van der Waals surface area contributed by atoms with Gasteiger partial charge >= 0.3 is 0 Å². The van der Waals surface area contributed by atoms with Gasteiger partial charge in [0.15, 0.2) is 0 Å². The van der Waals surface area contributed by atoms with Crippen molar-refractivity contribution >= 4 is 23.0 Å². The van der Waals surface area contributed by atoms with Gasteiger partial charge in [0.1, 0.15) is 5.02 Å². The van der Waals surface area contributed by atoms with Crippen LogP contribution in [0.1, 0.15) is 26.2 Å². The molecule has 1 fully saturated rings. The molecule has 1 aromatic carbocycles. The maximum Gasteiger partial charge on any atom is 0.292 e. The lowest BCUT2D eigenvalue weighted by atomic mass is 10.0. The molecule has 3 rings (SSSR count). The van der Waals surface area contributed by atoms with E-state index in [1.54, 1.807) is 0 Å². The van der Waals surface area contributed by atoms with Crippen molar-refractivity contribution in [1.82, 2.24) is 9.78 Å². The van der Waals surface area contributed by atoms with Crippen LogP contribution in [-0.4, -0.2) is 21.2 Å². The zero-order chi connectivity index (χ0) is 17.3. The van der Waals surface area contributed by atoms with Crippen molar-refractivity contribution in [1.29, 1.82) is 0 Å². The Balaban J connectivity index is 1.84. The Morgan fingerprint density at radius 1 is 1.38 bits per heavy atom. The lowest BCUT2D eigenvalue weighted by Crippen LogP contribution is -2.24. The Kier molecular flexibility index (Phi) is 4.28. The number of nitro benzene ring substituents is 1. The van der Waals surface area contributed by atoms with Crippen molar-refractivity contribution in [3.8, 4) is 5.69 Å². The summed E-state index contributed by atoms with van der Waals surface area (Å²) in [5.41, 5.74) is 0.740. The van der Waals surface area contributed by atoms with Crippen LogP contribution in [0.4, 0.5) is 11.4 Å². The van der Waals surface area contributed by atoms with E-state index in [2.05, 4.69) is 17.3 Å². The summed E-state index contributed by atoms with van der Waals surface area (Å²) in [4.78, 5) is 22.6. The molecule has 0 radical (unpaired) electrons. The lowest BCUT2D eigenvalue weighted by molar-refractivity contribution is -0.384. The third kappa shape index (κ3) is 3.12. The van der Waals surface area contributed by atoms with Gasteiger partial charge < -0.3 is 5.32 Å². The molecule has 1 aliphatic rings.